The van der Waals surface area contributed by atoms with Gasteiger partial charge in [-0.15, -0.1) is 0 Å². The van der Waals surface area contributed by atoms with Gasteiger partial charge in [0.05, 0.1) is 5.41 Å². The summed E-state index contributed by atoms with van der Waals surface area (Å²) < 4.78 is 5.89. The minimum absolute atomic E-state index is 0.0510. The molecule has 3 unspecified atom stereocenters. The van der Waals surface area contributed by atoms with Crippen LogP contribution in [0.25, 0.3) is 0 Å². The highest BCUT2D eigenvalue weighted by molar-refractivity contribution is 5.99. The summed E-state index contributed by atoms with van der Waals surface area (Å²) >= 11 is 0. The molecule has 2 heterocycles. The number of hydrogen-bond donors (Lipinski definition) is 2. The van der Waals surface area contributed by atoms with Crippen LogP contribution in [0, 0.1) is 0 Å². The number of benzene rings is 1. The van der Waals surface area contributed by atoms with Gasteiger partial charge in [-0.3, -0.25) is 9.69 Å². The molecule has 0 amide bonds. The molecule has 5 heteroatoms. The number of ketones is 1. The molecule has 114 valence electrons. The minimum atomic E-state index is -1.13. The Bertz CT molecular complexity index is 757. The third-order valence-electron chi connectivity index (χ3n) is 6.14. The summed E-state index contributed by atoms with van der Waals surface area (Å²) in [7, 11) is 2.01. The van der Waals surface area contributed by atoms with Crippen LogP contribution in [0.1, 0.15) is 17.5 Å². The van der Waals surface area contributed by atoms with Gasteiger partial charge in [0.1, 0.15) is 5.60 Å². The number of carbonyl (C=O) groups excluding carboxylic acids is 1. The van der Waals surface area contributed by atoms with E-state index in [9.17, 15) is 15.0 Å². The Balaban J connectivity index is 1.91. The van der Waals surface area contributed by atoms with E-state index in [1.165, 1.54) is 6.08 Å². The van der Waals surface area contributed by atoms with Crippen LogP contribution in [0.3, 0.4) is 0 Å². The number of aromatic hydroxyl groups is 1. The van der Waals surface area contributed by atoms with E-state index in [1.807, 2.05) is 13.1 Å². The van der Waals surface area contributed by atoms with Crippen LogP contribution in [0.15, 0.2) is 24.3 Å². The van der Waals surface area contributed by atoms with Gasteiger partial charge in [0.25, 0.3) is 0 Å². The third kappa shape index (κ3) is 1.08. The van der Waals surface area contributed by atoms with Crippen molar-refractivity contribution in [2.75, 3.05) is 13.6 Å². The number of phenolic OH excluding ortho intramolecular Hbond substituents is 1. The number of rotatable bonds is 0. The van der Waals surface area contributed by atoms with Crippen molar-refractivity contribution in [3.63, 3.8) is 0 Å². The zero-order valence-electron chi connectivity index (χ0n) is 12.2. The van der Waals surface area contributed by atoms with E-state index in [0.717, 1.165) is 17.7 Å². The molecule has 4 aliphatic rings. The average molecular weight is 299 g/mol. The standard InChI is InChI=1S/C17H17NO4/c1-18-7-6-16-13-9-2-3-10(19)14(13)22-15(16)11(20)4-5-17(16,21)12(18)8-9/h2-5,12,15,19,21H,6-8H2,1H3/t12?,15?,16?,17-/m1/s1. The van der Waals surface area contributed by atoms with Gasteiger partial charge in [-0.05, 0) is 50.2 Å². The van der Waals surface area contributed by atoms with Crippen LogP contribution in [-0.4, -0.2) is 52.2 Å². The number of piperidine rings is 1. The van der Waals surface area contributed by atoms with E-state index in [0.29, 0.717) is 18.6 Å². The highest BCUT2D eigenvalue weighted by Crippen LogP contribution is 2.63. The zero-order chi connectivity index (χ0) is 15.3. The van der Waals surface area contributed by atoms with Crippen molar-refractivity contribution in [3.8, 4) is 11.5 Å². The molecule has 0 saturated carbocycles. The number of likely N-dealkylation sites (N-methyl/N-ethyl adjacent to an activating group) is 1. The summed E-state index contributed by atoms with van der Waals surface area (Å²) in [5.74, 6) is 0.312. The van der Waals surface area contributed by atoms with Gasteiger partial charge >= 0.3 is 0 Å². The third-order valence-corrected chi connectivity index (χ3v) is 6.14. The predicted octanol–water partition coefficient (Wildman–Crippen LogP) is 0.521. The fourth-order valence-corrected chi connectivity index (χ4v) is 5.13. The monoisotopic (exact) mass is 299 g/mol. The molecule has 22 heavy (non-hydrogen) atoms. The molecule has 1 aromatic carbocycles. The van der Waals surface area contributed by atoms with E-state index in [2.05, 4.69) is 4.90 Å². The molecule has 2 bridgehead atoms. The summed E-state index contributed by atoms with van der Waals surface area (Å²) in [6, 6.07) is 3.44. The number of ether oxygens (including phenoxy) is 1. The molecule has 2 N–H and O–H groups in total. The molecule has 1 saturated heterocycles. The second-order valence-corrected chi connectivity index (χ2v) is 6.93. The maximum Gasteiger partial charge on any atom is 0.196 e. The molecule has 0 radical (unpaired) electrons. The van der Waals surface area contributed by atoms with Gasteiger partial charge in [-0.25, -0.2) is 0 Å². The number of carbonyl (C=O) groups is 1. The van der Waals surface area contributed by atoms with E-state index in [1.54, 1.807) is 12.1 Å². The summed E-state index contributed by atoms with van der Waals surface area (Å²) in [6.45, 7) is 0.794. The molecular weight excluding hydrogens is 282 g/mol. The zero-order valence-corrected chi connectivity index (χ0v) is 12.2. The second-order valence-electron chi connectivity index (χ2n) is 6.93. The first-order valence-corrected chi connectivity index (χ1v) is 7.67. The summed E-state index contributed by atoms with van der Waals surface area (Å²) in [6.07, 6.45) is 3.70. The molecule has 1 spiro atoms. The predicted molar refractivity (Wildman–Crippen MR) is 78.0 cm³/mol. The van der Waals surface area contributed by atoms with Gasteiger partial charge in [0.2, 0.25) is 0 Å². The lowest BCUT2D eigenvalue weighted by molar-refractivity contribution is -0.151. The van der Waals surface area contributed by atoms with Gasteiger partial charge in [0, 0.05) is 11.6 Å². The highest BCUT2D eigenvalue weighted by atomic mass is 16.5. The number of nitrogens with zero attached hydrogens (tertiary/aromatic N) is 1. The van der Waals surface area contributed by atoms with Crippen molar-refractivity contribution < 1.29 is 19.7 Å². The van der Waals surface area contributed by atoms with Gasteiger partial charge in [-0.2, -0.15) is 0 Å². The lowest BCUT2D eigenvalue weighted by Gasteiger charge is -2.60. The normalized spacial score (nSPS) is 41.3. The highest BCUT2D eigenvalue weighted by Gasteiger charge is 2.71. The molecule has 4 atom stereocenters. The van der Waals surface area contributed by atoms with Crippen molar-refractivity contribution in [2.45, 2.75) is 36.0 Å². The Morgan fingerprint density at radius 1 is 1.41 bits per heavy atom. The quantitative estimate of drug-likeness (QED) is 0.731. The summed E-state index contributed by atoms with van der Waals surface area (Å²) in [5.41, 5.74) is 0.0177. The SMILES string of the molecule is CN1CCC23c4c5ccc(O)c4OC2C(=O)C=C[C@@]3(O)C1C5. The summed E-state index contributed by atoms with van der Waals surface area (Å²) in [5, 5.41) is 21.7. The fraction of sp³-hybridized carbons (Fsp3) is 0.471. The van der Waals surface area contributed by atoms with Crippen LogP contribution >= 0.6 is 0 Å². The van der Waals surface area contributed by atoms with Crippen LogP contribution in [0.5, 0.6) is 11.5 Å². The first-order valence-electron chi connectivity index (χ1n) is 7.67. The fourth-order valence-electron chi connectivity index (χ4n) is 5.13. The number of hydrogen-bond acceptors (Lipinski definition) is 5. The first-order chi connectivity index (χ1) is 10.5. The maximum atomic E-state index is 12.4. The van der Waals surface area contributed by atoms with E-state index < -0.39 is 17.1 Å². The van der Waals surface area contributed by atoms with E-state index in [4.69, 9.17) is 4.74 Å². The molecule has 5 nitrogen and oxygen atoms in total. The first kappa shape index (κ1) is 12.7. The Hall–Kier alpha value is -1.85. The summed E-state index contributed by atoms with van der Waals surface area (Å²) in [4.78, 5) is 14.6. The Morgan fingerprint density at radius 2 is 2.23 bits per heavy atom. The minimum Gasteiger partial charge on any atom is -0.504 e. The van der Waals surface area contributed by atoms with Crippen molar-refractivity contribution in [1.29, 1.82) is 0 Å². The van der Waals surface area contributed by atoms with Crippen LogP contribution in [-0.2, 0) is 16.6 Å². The number of likely N-dealkylation sites (tertiary alicyclic amines) is 1. The molecule has 2 aliphatic heterocycles. The molecule has 5 rings (SSSR count). The molecule has 1 fully saturated rings. The molecule has 0 aromatic heterocycles. The molecule has 2 aliphatic carbocycles. The van der Waals surface area contributed by atoms with Gasteiger partial charge < -0.3 is 14.9 Å². The van der Waals surface area contributed by atoms with Crippen LogP contribution in [0.4, 0.5) is 0 Å². The largest absolute Gasteiger partial charge is 0.504 e. The molecular formula is C17H17NO4. The van der Waals surface area contributed by atoms with Gasteiger partial charge in [-0.1, -0.05) is 6.07 Å². The van der Waals surface area contributed by atoms with E-state index in [-0.39, 0.29) is 17.6 Å². The van der Waals surface area contributed by atoms with Crippen LogP contribution < -0.4 is 4.74 Å². The Morgan fingerprint density at radius 3 is 3.05 bits per heavy atom. The number of aliphatic hydroxyl groups is 1. The lowest BCUT2D eigenvalue weighted by atomic mass is 9.51. The average Bonchev–Trinajstić information content (AvgIpc) is 2.85. The van der Waals surface area contributed by atoms with E-state index >= 15 is 0 Å². The van der Waals surface area contributed by atoms with Crippen LogP contribution in [0.2, 0.25) is 0 Å². The molecule has 1 aromatic rings. The Labute approximate surface area is 127 Å². The Kier molecular flexibility index (Phi) is 2.04. The van der Waals surface area contributed by atoms with Crippen molar-refractivity contribution in [2.24, 2.45) is 0 Å². The van der Waals surface area contributed by atoms with Crippen molar-refractivity contribution in [1.82, 2.24) is 4.90 Å². The lowest BCUT2D eigenvalue weighted by Crippen LogP contribution is -2.74. The van der Waals surface area contributed by atoms with Gasteiger partial charge in [0.15, 0.2) is 23.4 Å². The van der Waals surface area contributed by atoms with Crippen molar-refractivity contribution in [3.05, 3.63) is 35.4 Å². The van der Waals surface area contributed by atoms with Crippen molar-refractivity contribution >= 4 is 5.78 Å². The number of phenols is 1. The second kappa shape index (κ2) is 3.55. The topological polar surface area (TPSA) is 70.0 Å². The maximum absolute atomic E-state index is 12.4. The smallest absolute Gasteiger partial charge is 0.196 e.